The fraction of sp³-hybridized carbons (Fsp3) is 0.438. The van der Waals surface area contributed by atoms with Gasteiger partial charge in [-0.25, -0.2) is 8.42 Å². The fourth-order valence-corrected chi connectivity index (χ4v) is 3.82. The Kier molecular flexibility index (Phi) is 4.20. The van der Waals surface area contributed by atoms with Gasteiger partial charge in [0.05, 0.1) is 16.7 Å². The smallest absolute Gasteiger partial charge is 0.178 e. The maximum atomic E-state index is 11.9. The van der Waals surface area contributed by atoms with E-state index in [-0.39, 0.29) is 5.75 Å². The second-order valence-corrected chi connectivity index (χ2v) is 7.90. The lowest BCUT2D eigenvalue weighted by Crippen LogP contribution is -2.36. The Morgan fingerprint density at radius 2 is 2.05 bits per heavy atom. The highest BCUT2D eigenvalue weighted by molar-refractivity contribution is 7.91. The second-order valence-electron chi connectivity index (χ2n) is 5.63. The van der Waals surface area contributed by atoms with Crippen molar-refractivity contribution < 1.29 is 8.42 Å². The van der Waals surface area contributed by atoms with Gasteiger partial charge in [0.1, 0.15) is 0 Å². The van der Waals surface area contributed by atoms with Crippen LogP contribution in [0.5, 0.6) is 0 Å². The summed E-state index contributed by atoms with van der Waals surface area (Å²) in [5, 5.41) is 4.34. The van der Waals surface area contributed by atoms with E-state index in [1.54, 1.807) is 19.1 Å². The predicted molar refractivity (Wildman–Crippen MR) is 86.9 cm³/mol. The largest absolute Gasteiger partial charge is 0.369 e. The Labute approximate surface area is 131 Å². The summed E-state index contributed by atoms with van der Waals surface area (Å²) in [5.74, 6) is 0.136. The summed E-state index contributed by atoms with van der Waals surface area (Å²) in [5.41, 5.74) is 1.08. The van der Waals surface area contributed by atoms with Crippen LogP contribution in [-0.2, 0) is 9.84 Å². The van der Waals surface area contributed by atoms with E-state index in [1.165, 1.54) is 0 Å². The van der Waals surface area contributed by atoms with Gasteiger partial charge in [-0.2, -0.15) is 5.10 Å². The van der Waals surface area contributed by atoms with Gasteiger partial charge in [0.25, 0.3) is 0 Å². The summed E-state index contributed by atoms with van der Waals surface area (Å²) in [6, 6.07) is 9.57. The molecular formula is C16H21N3O2S. The fourth-order valence-electron chi connectivity index (χ4n) is 2.93. The molecule has 118 valence electrons. The van der Waals surface area contributed by atoms with E-state index in [1.807, 2.05) is 35.3 Å². The summed E-state index contributed by atoms with van der Waals surface area (Å²) in [4.78, 5) is 2.71. The van der Waals surface area contributed by atoms with Crippen LogP contribution in [0.25, 0.3) is 0 Å². The lowest BCUT2D eigenvalue weighted by atomic mass is 10.1. The molecule has 1 fully saturated rings. The number of aromatic nitrogens is 2. The molecule has 22 heavy (non-hydrogen) atoms. The topological polar surface area (TPSA) is 55.2 Å². The third-order valence-electron chi connectivity index (χ3n) is 4.24. The van der Waals surface area contributed by atoms with E-state index in [9.17, 15) is 8.42 Å². The van der Waals surface area contributed by atoms with Crippen LogP contribution in [0.15, 0.2) is 47.6 Å². The third-order valence-corrected chi connectivity index (χ3v) is 5.99. The van der Waals surface area contributed by atoms with Crippen LogP contribution in [0.4, 0.5) is 5.69 Å². The molecule has 0 unspecified atom stereocenters. The maximum absolute atomic E-state index is 11.9. The van der Waals surface area contributed by atoms with Crippen molar-refractivity contribution in [2.45, 2.75) is 30.7 Å². The molecule has 2 aromatic rings. The van der Waals surface area contributed by atoms with Crippen molar-refractivity contribution in [3.8, 4) is 0 Å². The van der Waals surface area contributed by atoms with Crippen LogP contribution in [0.3, 0.4) is 0 Å². The Hall–Kier alpha value is -1.82. The molecule has 1 aliphatic heterocycles. The molecule has 0 saturated carbocycles. The number of anilines is 1. The van der Waals surface area contributed by atoms with Gasteiger partial charge in [-0.15, -0.1) is 0 Å². The van der Waals surface area contributed by atoms with Gasteiger partial charge >= 0.3 is 0 Å². The highest BCUT2D eigenvalue weighted by Gasteiger charge is 2.22. The molecule has 2 heterocycles. The molecule has 1 aromatic heterocycles. The quantitative estimate of drug-likeness (QED) is 0.869. The van der Waals surface area contributed by atoms with Gasteiger partial charge in [0.15, 0.2) is 9.84 Å². The van der Waals surface area contributed by atoms with E-state index in [4.69, 9.17) is 0 Å². The molecule has 6 heteroatoms. The molecule has 0 amide bonds. The molecule has 0 radical (unpaired) electrons. The molecular weight excluding hydrogens is 298 g/mol. The highest BCUT2D eigenvalue weighted by atomic mass is 32.2. The third kappa shape index (κ3) is 3.02. The van der Waals surface area contributed by atoms with Crippen molar-refractivity contribution >= 4 is 15.5 Å². The van der Waals surface area contributed by atoms with Crippen molar-refractivity contribution in [3.63, 3.8) is 0 Å². The monoisotopic (exact) mass is 319 g/mol. The second kappa shape index (κ2) is 6.12. The van der Waals surface area contributed by atoms with Gasteiger partial charge in [0.2, 0.25) is 0 Å². The Morgan fingerprint density at radius 1 is 1.27 bits per heavy atom. The van der Waals surface area contributed by atoms with Gasteiger partial charge < -0.3 is 4.90 Å². The number of nitrogens with zero attached hydrogens (tertiary/aromatic N) is 3. The van der Waals surface area contributed by atoms with Crippen molar-refractivity contribution in [1.82, 2.24) is 9.78 Å². The lowest BCUT2D eigenvalue weighted by Gasteiger charge is -2.34. The van der Waals surface area contributed by atoms with E-state index >= 15 is 0 Å². The molecule has 3 rings (SSSR count). The number of rotatable bonds is 4. The van der Waals surface area contributed by atoms with Crippen LogP contribution < -0.4 is 4.90 Å². The average Bonchev–Trinajstić information content (AvgIpc) is 3.10. The van der Waals surface area contributed by atoms with E-state index in [2.05, 4.69) is 10.00 Å². The number of sulfone groups is 1. The maximum Gasteiger partial charge on any atom is 0.178 e. The molecule has 5 nitrogen and oxygen atoms in total. The highest BCUT2D eigenvalue weighted by Crippen LogP contribution is 2.26. The number of piperidine rings is 1. The van der Waals surface area contributed by atoms with Gasteiger partial charge in [-0.1, -0.05) is 6.92 Å². The Bertz CT molecular complexity index is 708. The van der Waals surface area contributed by atoms with Crippen LogP contribution in [0, 0.1) is 0 Å². The molecule has 0 bridgehead atoms. The van der Waals surface area contributed by atoms with E-state index in [0.29, 0.717) is 10.9 Å². The average molecular weight is 319 g/mol. The van der Waals surface area contributed by atoms with Crippen molar-refractivity contribution in [2.75, 3.05) is 23.7 Å². The Morgan fingerprint density at radius 3 is 2.68 bits per heavy atom. The molecule has 1 aliphatic rings. The van der Waals surface area contributed by atoms with E-state index in [0.717, 1.165) is 31.6 Å². The van der Waals surface area contributed by atoms with Crippen molar-refractivity contribution in [3.05, 3.63) is 42.7 Å². The summed E-state index contributed by atoms with van der Waals surface area (Å²) in [7, 11) is -3.12. The number of hydrogen-bond acceptors (Lipinski definition) is 4. The first-order valence-corrected chi connectivity index (χ1v) is 9.32. The van der Waals surface area contributed by atoms with Gasteiger partial charge in [0, 0.05) is 31.2 Å². The SMILES string of the molecule is CCS(=O)(=O)c1ccc(N2CCC[C@H](n3cccn3)C2)cc1. The molecule has 1 aromatic carbocycles. The Balaban J connectivity index is 1.76. The van der Waals surface area contributed by atoms with Gasteiger partial charge in [-0.05, 0) is 43.2 Å². The van der Waals surface area contributed by atoms with Crippen molar-refractivity contribution in [2.24, 2.45) is 0 Å². The summed E-state index contributed by atoms with van der Waals surface area (Å²) >= 11 is 0. The number of benzene rings is 1. The van der Waals surface area contributed by atoms with Crippen LogP contribution in [0.1, 0.15) is 25.8 Å². The first-order chi connectivity index (χ1) is 10.6. The van der Waals surface area contributed by atoms with E-state index < -0.39 is 9.84 Å². The standard InChI is InChI=1S/C16H21N3O2S/c1-2-22(20,21)16-8-6-14(7-9-16)18-11-3-5-15(13-18)19-12-4-10-17-19/h4,6-10,12,15H,2-3,5,11,13H2,1H3/t15-/m0/s1. The summed E-state index contributed by atoms with van der Waals surface area (Å²) in [6.07, 6.45) is 6.05. The normalized spacial score (nSPS) is 19.3. The molecule has 1 saturated heterocycles. The zero-order valence-electron chi connectivity index (χ0n) is 12.7. The zero-order chi connectivity index (χ0) is 15.6. The molecule has 0 N–H and O–H groups in total. The zero-order valence-corrected chi connectivity index (χ0v) is 13.5. The minimum absolute atomic E-state index is 0.136. The molecule has 0 aliphatic carbocycles. The summed E-state index contributed by atoms with van der Waals surface area (Å²) < 4.78 is 25.8. The minimum Gasteiger partial charge on any atom is -0.369 e. The van der Waals surface area contributed by atoms with Crippen LogP contribution >= 0.6 is 0 Å². The van der Waals surface area contributed by atoms with Crippen molar-refractivity contribution in [1.29, 1.82) is 0 Å². The molecule has 1 atom stereocenters. The first-order valence-electron chi connectivity index (χ1n) is 7.67. The minimum atomic E-state index is -3.12. The first kappa shape index (κ1) is 15.1. The van der Waals surface area contributed by atoms with Crippen LogP contribution in [0.2, 0.25) is 0 Å². The lowest BCUT2D eigenvalue weighted by molar-refractivity contribution is 0.376. The summed E-state index contributed by atoms with van der Waals surface area (Å²) in [6.45, 7) is 3.57. The van der Waals surface area contributed by atoms with Gasteiger partial charge in [-0.3, -0.25) is 4.68 Å². The number of hydrogen-bond donors (Lipinski definition) is 0. The predicted octanol–water partition coefficient (Wildman–Crippen LogP) is 2.52. The van der Waals surface area contributed by atoms with Crippen LogP contribution in [-0.4, -0.2) is 37.0 Å². The molecule has 0 spiro atoms.